The highest BCUT2D eigenvalue weighted by Gasteiger charge is 2.15. The minimum Gasteiger partial charge on any atom is -0.365 e. The summed E-state index contributed by atoms with van der Waals surface area (Å²) in [6.45, 7) is 2.74. The molecule has 1 N–H and O–H groups in total. The van der Waals surface area contributed by atoms with Crippen LogP contribution in [0.2, 0.25) is 0 Å². The number of fused-ring (bicyclic) bond motifs is 1. The molecule has 0 amide bonds. The molecule has 0 aliphatic carbocycles. The van der Waals surface area contributed by atoms with Crippen LogP contribution < -0.4 is 10.1 Å². The fraction of sp³-hybridized carbons (Fsp3) is 0.0625. The maximum atomic E-state index is 5.16. The predicted octanol–water partition coefficient (Wildman–Crippen LogP) is 7.08. The van der Waals surface area contributed by atoms with Crippen LogP contribution in [0.3, 0.4) is 0 Å². The quantitative estimate of drug-likeness (QED) is 0.186. The average Bonchev–Trinajstić information content (AvgIpc) is 3.36. The third-order valence-electron chi connectivity index (χ3n) is 6.20. The third kappa shape index (κ3) is 5.54. The first kappa shape index (κ1) is 24.5. The van der Waals surface area contributed by atoms with E-state index in [4.69, 9.17) is 15.0 Å². The van der Waals surface area contributed by atoms with Crippen molar-refractivity contribution < 1.29 is 0 Å². The molecule has 0 fully saturated rings. The van der Waals surface area contributed by atoms with Crippen molar-refractivity contribution in [2.45, 2.75) is 13.5 Å². The van der Waals surface area contributed by atoms with E-state index in [2.05, 4.69) is 70.3 Å². The number of nitrogens with one attached hydrogen (secondary N) is 1. The molecule has 0 unspecified atom stereocenters. The summed E-state index contributed by atoms with van der Waals surface area (Å²) in [7, 11) is 0. The Morgan fingerprint density at radius 2 is 1.46 bits per heavy atom. The number of aromatic nitrogens is 3. The molecule has 2 aromatic heterocycles. The molecule has 6 rings (SSSR count). The van der Waals surface area contributed by atoms with Crippen LogP contribution in [0.1, 0.15) is 16.7 Å². The number of thiazole rings is 1. The molecule has 0 saturated heterocycles. The van der Waals surface area contributed by atoms with E-state index in [0.29, 0.717) is 12.4 Å². The van der Waals surface area contributed by atoms with E-state index in [1.807, 2.05) is 66.7 Å². The van der Waals surface area contributed by atoms with E-state index < -0.39 is 0 Å². The molecular formula is C32H26N6S. The fourth-order valence-electron chi connectivity index (χ4n) is 4.21. The van der Waals surface area contributed by atoms with Gasteiger partial charge in [-0.2, -0.15) is 0 Å². The van der Waals surface area contributed by atoms with Gasteiger partial charge in [0.05, 0.1) is 5.69 Å². The lowest BCUT2D eigenvalue weighted by atomic mass is 10.1. The van der Waals surface area contributed by atoms with Crippen LogP contribution in [0.25, 0.3) is 16.0 Å². The molecule has 4 aromatic carbocycles. The zero-order valence-electron chi connectivity index (χ0n) is 21.4. The number of aliphatic imine (C=N–C) groups is 1. The maximum absolute atomic E-state index is 5.16. The number of hydrogen-bond donors (Lipinski definition) is 1. The highest BCUT2D eigenvalue weighted by molar-refractivity contribution is 7.17. The minimum absolute atomic E-state index is 0.629. The molecule has 2 heterocycles. The van der Waals surface area contributed by atoms with Crippen LogP contribution in [-0.2, 0) is 6.54 Å². The Hall–Kier alpha value is -4.88. The normalized spacial score (nSPS) is 12.1. The third-order valence-corrected chi connectivity index (χ3v) is 7.24. The maximum Gasteiger partial charge on any atom is 0.198 e. The second-order valence-electron chi connectivity index (χ2n) is 9.02. The number of nitrogens with zero attached hydrogens (tertiary/aromatic N) is 5. The second-order valence-corrected chi connectivity index (χ2v) is 10.00. The lowest BCUT2D eigenvalue weighted by Crippen LogP contribution is -2.16. The Morgan fingerprint density at radius 1 is 0.795 bits per heavy atom. The van der Waals surface area contributed by atoms with Gasteiger partial charge >= 0.3 is 0 Å². The number of rotatable bonds is 6. The topological polar surface area (TPSA) is 67.5 Å². The molecule has 190 valence electrons. The van der Waals surface area contributed by atoms with Crippen molar-refractivity contribution in [3.05, 3.63) is 143 Å². The predicted molar refractivity (Wildman–Crippen MR) is 160 cm³/mol. The summed E-state index contributed by atoms with van der Waals surface area (Å²) >= 11 is 1.55. The van der Waals surface area contributed by atoms with Crippen molar-refractivity contribution >= 4 is 39.0 Å². The van der Waals surface area contributed by atoms with E-state index >= 15 is 0 Å². The highest BCUT2D eigenvalue weighted by Crippen LogP contribution is 2.26. The summed E-state index contributed by atoms with van der Waals surface area (Å²) in [5.41, 5.74) is 5.91. The van der Waals surface area contributed by atoms with E-state index in [0.717, 1.165) is 37.9 Å². The van der Waals surface area contributed by atoms with Gasteiger partial charge in [0.1, 0.15) is 16.8 Å². The zero-order valence-corrected chi connectivity index (χ0v) is 22.2. The summed E-state index contributed by atoms with van der Waals surface area (Å²) in [5.74, 6) is 1.40. The van der Waals surface area contributed by atoms with E-state index in [-0.39, 0.29) is 0 Å². The first-order valence-corrected chi connectivity index (χ1v) is 13.5. The monoisotopic (exact) mass is 526 g/mol. The molecule has 6 nitrogen and oxygen atoms in total. The molecule has 0 radical (unpaired) electrons. The van der Waals surface area contributed by atoms with Crippen LogP contribution in [-0.4, -0.2) is 20.4 Å². The van der Waals surface area contributed by atoms with Gasteiger partial charge in [-0.3, -0.25) is 4.57 Å². The lowest BCUT2D eigenvalue weighted by molar-refractivity contribution is 1.01. The van der Waals surface area contributed by atoms with Crippen LogP contribution in [0.5, 0.6) is 0 Å². The van der Waals surface area contributed by atoms with Crippen LogP contribution in [0.4, 0.5) is 11.5 Å². The van der Waals surface area contributed by atoms with Crippen molar-refractivity contribution in [1.82, 2.24) is 14.5 Å². The summed E-state index contributed by atoms with van der Waals surface area (Å²) < 4.78 is 3.00. The summed E-state index contributed by atoms with van der Waals surface area (Å²) in [5, 5.41) is 3.50. The van der Waals surface area contributed by atoms with Crippen molar-refractivity contribution in [1.29, 1.82) is 0 Å². The van der Waals surface area contributed by atoms with Gasteiger partial charge in [-0.1, -0.05) is 108 Å². The van der Waals surface area contributed by atoms with Crippen LogP contribution >= 0.6 is 11.3 Å². The summed E-state index contributed by atoms with van der Waals surface area (Å²) in [6.07, 6.45) is 1.60. The molecule has 0 saturated carbocycles. The standard InChI is InChI=1S/C32H26N6S/c1-23-17-19-25(20-18-23)29(36-26-13-7-3-8-14-26)37-32-38(27-15-9-4-10-16-27)31-28(39-32)30(34-22-35-31)33-21-24-11-5-2-6-12-24/h2-20,22H,21H2,1H3,(H,33,34,35). The lowest BCUT2D eigenvalue weighted by Gasteiger charge is -2.08. The van der Waals surface area contributed by atoms with Crippen LogP contribution in [0.15, 0.2) is 132 Å². The number of anilines is 1. The second kappa shape index (κ2) is 11.2. The minimum atomic E-state index is 0.629. The molecule has 6 aromatic rings. The molecule has 0 aliphatic heterocycles. The van der Waals surface area contributed by atoms with Crippen LogP contribution in [0, 0.1) is 6.92 Å². The van der Waals surface area contributed by atoms with Gasteiger partial charge in [-0.25, -0.2) is 20.0 Å². The SMILES string of the molecule is Cc1ccc(C(=Nc2ccccc2)N=c2sc3c(NCc4ccccc4)ncnc3n2-c2ccccc2)cc1. The first-order valence-electron chi connectivity index (χ1n) is 12.7. The van der Waals surface area contributed by atoms with Gasteiger partial charge < -0.3 is 5.32 Å². The van der Waals surface area contributed by atoms with E-state index in [9.17, 15) is 0 Å². The first-order chi connectivity index (χ1) is 19.2. The van der Waals surface area contributed by atoms with Gasteiger partial charge in [0.25, 0.3) is 0 Å². The molecule has 39 heavy (non-hydrogen) atoms. The van der Waals surface area contributed by atoms with Gasteiger partial charge in [0, 0.05) is 17.8 Å². The highest BCUT2D eigenvalue weighted by atomic mass is 32.1. The van der Waals surface area contributed by atoms with Gasteiger partial charge in [0.15, 0.2) is 16.3 Å². The molecule has 0 aliphatic rings. The van der Waals surface area contributed by atoms with Gasteiger partial charge in [-0.15, -0.1) is 0 Å². The average molecular weight is 527 g/mol. The molecule has 0 bridgehead atoms. The largest absolute Gasteiger partial charge is 0.365 e. The Balaban J connectivity index is 1.55. The molecule has 7 heteroatoms. The summed E-state index contributed by atoms with van der Waals surface area (Å²) in [4.78, 5) is 20.2. The van der Waals surface area contributed by atoms with E-state index in [1.54, 1.807) is 17.7 Å². The Morgan fingerprint density at radius 3 is 2.18 bits per heavy atom. The molecule has 0 atom stereocenters. The van der Waals surface area contributed by atoms with Crippen molar-refractivity contribution in [3.8, 4) is 5.69 Å². The smallest absolute Gasteiger partial charge is 0.198 e. The molecular weight excluding hydrogens is 500 g/mol. The number of aryl methyl sites for hydroxylation is 1. The number of para-hydroxylation sites is 2. The Kier molecular flexibility index (Phi) is 7.05. The van der Waals surface area contributed by atoms with Crippen molar-refractivity contribution in [2.24, 2.45) is 9.98 Å². The fourth-order valence-corrected chi connectivity index (χ4v) is 5.26. The summed E-state index contributed by atoms with van der Waals surface area (Å²) in [6, 6.07) is 38.7. The zero-order chi connectivity index (χ0) is 26.4. The Bertz CT molecular complexity index is 1790. The number of hydrogen-bond acceptors (Lipinski definition) is 5. The van der Waals surface area contributed by atoms with E-state index in [1.165, 1.54) is 11.1 Å². The van der Waals surface area contributed by atoms with Gasteiger partial charge in [-0.05, 0) is 36.8 Å². The van der Waals surface area contributed by atoms with Crippen molar-refractivity contribution in [2.75, 3.05) is 5.32 Å². The number of benzene rings is 4. The van der Waals surface area contributed by atoms with Gasteiger partial charge in [0.2, 0.25) is 0 Å². The Labute approximate surface area is 230 Å². The number of amidine groups is 1. The molecule has 0 spiro atoms. The van der Waals surface area contributed by atoms with Crippen molar-refractivity contribution in [3.63, 3.8) is 0 Å².